The van der Waals surface area contributed by atoms with Gasteiger partial charge in [0.15, 0.2) is 0 Å². The van der Waals surface area contributed by atoms with Crippen molar-refractivity contribution in [3.05, 3.63) is 35.4 Å². The van der Waals surface area contributed by atoms with Gasteiger partial charge >= 0.3 is 5.97 Å². The van der Waals surface area contributed by atoms with E-state index in [1.807, 2.05) is 0 Å². The van der Waals surface area contributed by atoms with Gasteiger partial charge in [-0.15, -0.1) is 0 Å². The van der Waals surface area contributed by atoms with Crippen LogP contribution >= 0.6 is 0 Å². The number of amides is 3. The molecule has 1 fully saturated rings. The summed E-state index contributed by atoms with van der Waals surface area (Å²) in [5.41, 5.74) is 0.645. The van der Waals surface area contributed by atoms with Gasteiger partial charge in [-0.25, -0.2) is 0 Å². The molecule has 7 nitrogen and oxygen atoms in total. The third-order valence-corrected chi connectivity index (χ3v) is 4.57. The smallest absolute Gasteiger partial charge is 0.310 e. The molecule has 3 amide bonds. The standard InChI is InChI=1S/C18H20N2O5/c1-2-25-18(24)12-6-5-9-19(10-12)15(21)11-20-16(22)13-7-3-4-8-14(13)17(20)23/h3-4,7-8,12H,2,5-6,9-11H2,1H3/t12-/m0/s1. The molecule has 2 aliphatic heterocycles. The number of hydrogen-bond donors (Lipinski definition) is 0. The predicted molar refractivity (Wildman–Crippen MR) is 87.7 cm³/mol. The molecule has 0 N–H and O–H groups in total. The summed E-state index contributed by atoms with van der Waals surface area (Å²) in [6.07, 6.45) is 1.37. The first-order valence-corrected chi connectivity index (χ1v) is 8.42. The average molecular weight is 344 g/mol. The van der Waals surface area contributed by atoms with E-state index in [-0.39, 0.29) is 30.9 Å². The Labute approximate surface area is 145 Å². The van der Waals surface area contributed by atoms with Gasteiger partial charge in [-0.2, -0.15) is 0 Å². The molecule has 0 bridgehead atoms. The van der Waals surface area contributed by atoms with Crippen LogP contribution in [0, 0.1) is 5.92 Å². The van der Waals surface area contributed by atoms with E-state index in [2.05, 4.69) is 0 Å². The molecule has 132 valence electrons. The number of likely N-dealkylation sites (tertiary alicyclic amines) is 1. The van der Waals surface area contributed by atoms with E-state index in [9.17, 15) is 19.2 Å². The summed E-state index contributed by atoms with van der Waals surface area (Å²) >= 11 is 0. The van der Waals surface area contributed by atoms with Crippen molar-refractivity contribution in [2.75, 3.05) is 26.2 Å². The van der Waals surface area contributed by atoms with Crippen LogP contribution in [-0.2, 0) is 14.3 Å². The first-order chi connectivity index (χ1) is 12.0. The average Bonchev–Trinajstić information content (AvgIpc) is 2.87. The quantitative estimate of drug-likeness (QED) is 0.603. The Morgan fingerprint density at radius 1 is 1.16 bits per heavy atom. The van der Waals surface area contributed by atoms with Gasteiger partial charge < -0.3 is 9.64 Å². The molecule has 1 aromatic rings. The van der Waals surface area contributed by atoms with Crippen LogP contribution in [0.25, 0.3) is 0 Å². The van der Waals surface area contributed by atoms with Crippen molar-refractivity contribution in [1.82, 2.24) is 9.80 Å². The number of piperidine rings is 1. The number of carbonyl (C=O) groups is 4. The van der Waals surface area contributed by atoms with Crippen LogP contribution in [0.1, 0.15) is 40.5 Å². The van der Waals surface area contributed by atoms with Crippen molar-refractivity contribution >= 4 is 23.7 Å². The number of nitrogens with zero attached hydrogens (tertiary/aromatic N) is 2. The highest BCUT2D eigenvalue weighted by Gasteiger charge is 2.38. The second-order valence-electron chi connectivity index (χ2n) is 6.17. The van der Waals surface area contributed by atoms with E-state index in [1.165, 1.54) is 4.90 Å². The molecule has 25 heavy (non-hydrogen) atoms. The summed E-state index contributed by atoms with van der Waals surface area (Å²) in [5, 5.41) is 0. The number of carbonyl (C=O) groups excluding carboxylic acids is 4. The third-order valence-electron chi connectivity index (χ3n) is 4.57. The summed E-state index contributed by atoms with van der Waals surface area (Å²) in [6.45, 7) is 2.52. The highest BCUT2D eigenvalue weighted by Crippen LogP contribution is 2.23. The number of ether oxygens (including phenoxy) is 1. The second kappa shape index (κ2) is 7.04. The Hall–Kier alpha value is -2.70. The Morgan fingerprint density at radius 3 is 2.40 bits per heavy atom. The molecule has 2 aliphatic rings. The van der Waals surface area contributed by atoms with Gasteiger partial charge in [-0.05, 0) is 31.9 Å². The van der Waals surface area contributed by atoms with Crippen LogP contribution < -0.4 is 0 Å². The number of esters is 1. The maximum Gasteiger partial charge on any atom is 0.310 e. The maximum absolute atomic E-state index is 12.5. The molecule has 0 saturated carbocycles. The van der Waals surface area contributed by atoms with Crippen LogP contribution in [0.4, 0.5) is 0 Å². The van der Waals surface area contributed by atoms with Crippen LogP contribution in [-0.4, -0.2) is 59.7 Å². The van der Waals surface area contributed by atoms with Crippen molar-refractivity contribution in [3.63, 3.8) is 0 Å². The van der Waals surface area contributed by atoms with Crippen LogP contribution in [0.3, 0.4) is 0 Å². The minimum atomic E-state index is -0.451. The molecule has 0 aliphatic carbocycles. The summed E-state index contributed by atoms with van der Waals surface area (Å²) in [7, 11) is 0. The topological polar surface area (TPSA) is 84.0 Å². The Morgan fingerprint density at radius 2 is 1.80 bits per heavy atom. The summed E-state index contributed by atoms with van der Waals surface area (Å²) in [6, 6.07) is 6.53. The molecule has 1 atom stereocenters. The third kappa shape index (κ3) is 3.26. The zero-order valence-electron chi connectivity index (χ0n) is 14.1. The molecule has 2 heterocycles. The lowest BCUT2D eigenvalue weighted by Gasteiger charge is -2.32. The molecule has 0 spiro atoms. The van der Waals surface area contributed by atoms with Gasteiger partial charge in [0.2, 0.25) is 5.91 Å². The fourth-order valence-corrected chi connectivity index (χ4v) is 3.27. The minimum Gasteiger partial charge on any atom is -0.466 e. The first-order valence-electron chi connectivity index (χ1n) is 8.42. The Kier molecular flexibility index (Phi) is 4.83. The number of fused-ring (bicyclic) bond motifs is 1. The summed E-state index contributed by atoms with van der Waals surface area (Å²) < 4.78 is 5.02. The molecule has 7 heteroatoms. The van der Waals surface area contributed by atoms with Gasteiger partial charge in [0.1, 0.15) is 6.54 Å². The van der Waals surface area contributed by atoms with Gasteiger partial charge in [0, 0.05) is 13.1 Å². The zero-order chi connectivity index (χ0) is 18.0. The van der Waals surface area contributed by atoms with E-state index in [4.69, 9.17) is 4.74 Å². The van der Waals surface area contributed by atoms with Crippen molar-refractivity contribution in [2.45, 2.75) is 19.8 Å². The van der Waals surface area contributed by atoms with Gasteiger partial charge in [-0.1, -0.05) is 12.1 Å². The molecule has 1 aromatic carbocycles. The number of benzene rings is 1. The molecule has 0 unspecified atom stereocenters. The number of imide groups is 1. The molecule has 1 saturated heterocycles. The summed E-state index contributed by atoms with van der Waals surface area (Å²) in [5.74, 6) is -1.88. The lowest BCUT2D eigenvalue weighted by Crippen LogP contribution is -2.47. The first kappa shape index (κ1) is 17.1. The second-order valence-corrected chi connectivity index (χ2v) is 6.17. The number of hydrogen-bond acceptors (Lipinski definition) is 5. The van der Waals surface area contributed by atoms with Gasteiger partial charge in [-0.3, -0.25) is 24.1 Å². The fourth-order valence-electron chi connectivity index (χ4n) is 3.27. The van der Waals surface area contributed by atoms with E-state index in [0.717, 1.165) is 4.90 Å². The van der Waals surface area contributed by atoms with Gasteiger partial charge in [0.25, 0.3) is 11.8 Å². The molecular weight excluding hydrogens is 324 g/mol. The zero-order valence-corrected chi connectivity index (χ0v) is 14.1. The van der Waals surface area contributed by atoms with E-state index in [0.29, 0.717) is 37.1 Å². The summed E-state index contributed by atoms with van der Waals surface area (Å²) in [4.78, 5) is 51.6. The van der Waals surface area contributed by atoms with Crippen molar-refractivity contribution in [3.8, 4) is 0 Å². The van der Waals surface area contributed by atoms with Crippen LogP contribution in [0.2, 0.25) is 0 Å². The van der Waals surface area contributed by atoms with E-state index in [1.54, 1.807) is 31.2 Å². The Balaban J connectivity index is 1.66. The normalized spacial score (nSPS) is 19.8. The molecule has 0 radical (unpaired) electrons. The fraction of sp³-hybridized carbons (Fsp3) is 0.444. The monoisotopic (exact) mass is 344 g/mol. The van der Waals surface area contributed by atoms with Crippen molar-refractivity contribution in [2.24, 2.45) is 5.92 Å². The lowest BCUT2D eigenvalue weighted by molar-refractivity contribution is -0.151. The minimum absolute atomic E-state index is 0.265. The maximum atomic E-state index is 12.5. The predicted octanol–water partition coefficient (Wildman–Crippen LogP) is 1.08. The molecule has 3 rings (SSSR count). The van der Waals surface area contributed by atoms with Crippen LogP contribution in [0.5, 0.6) is 0 Å². The highest BCUT2D eigenvalue weighted by atomic mass is 16.5. The molecule has 0 aromatic heterocycles. The molecular formula is C18H20N2O5. The Bertz CT molecular complexity index is 695. The highest BCUT2D eigenvalue weighted by molar-refractivity contribution is 6.22. The van der Waals surface area contributed by atoms with Crippen molar-refractivity contribution in [1.29, 1.82) is 0 Å². The number of rotatable bonds is 4. The van der Waals surface area contributed by atoms with E-state index >= 15 is 0 Å². The SMILES string of the molecule is CCOC(=O)[C@H]1CCCN(C(=O)CN2C(=O)c3ccccc3C2=O)C1. The lowest BCUT2D eigenvalue weighted by atomic mass is 9.98. The van der Waals surface area contributed by atoms with Crippen molar-refractivity contribution < 1.29 is 23.9 Å². The van der Waals surface area contributed by atoms with Crippen LogP contribution in [0.15, 0.2) is 24.3 Å². The van der Waals surface area contributed by atoms with E-state index < -0.39 is 11.8 Å². The largest absolute Gasteiger partial charge is 0.466 e. The van der Waals surface area contributed by atoms with Gasteiger partial charge in [0.05, 0.1) is 23.7 Å².